The van der Waals surface area contributed by atoms with Gasteiger partial charge in [0.15, 0.2) is 5.82 Å². The normalized spacial score (nSPS) is 10.4. The second-order valence-electron chi connectivity index (χ2n) is 3.54. The first kappa shape index (κ1) is 9.72. The zero-order valence-corrected chi connectivity index (χ0v) is 9.06. The maximum Gasteiger partial charge on any atom is 0.178 e. The van der Waals surface area contributed by atoms with Crippen molar-refractivity contribution in [3.8, 4) is 17.2 Å². The molecule has 0 aliphatic carbocycles. The Labute approximate surface area is 98.6 Å². The molecule has 0 atom stereocenters. The van der Waals surface area contributed by atoms with E-state index in [-0.39, 0.29) is 0 Å². The van der Waals surface area contributed by atoms with Crippen LogP contribution in [-0.2, 0) is 0 Å². The van der Waals surface area contributed by atoms with Crippen molar-refractivity contribution < 1.29 is 0 Å². The molecule has 0 amide bonds. The Bertz CT molecular complexity index is 548. The first-order valence-electron chi connectivity index (χ1n) is 5.32. The van der Waals surface area contributed by atoms with E-state index < -0.39 is 0 Å². The quantitative estimate of drug-likeness (QED) is 0.668. The summed E-state index contributed by atoms with van der Waals surface area (Å²) < 4.78 is 1.83. The van der Waals surface area contributed by atoms with E-state index in [0.717, 1.165) is 11.4 Å². The number of aromatic nitrogens is 4. The second-order valence-corrected chi connectivity index (χ2v) is 3.54. The summed E-state index contributed by atoms with van der Waals surface area (Å²) in [6.07, 6.45) is 5.20. The van der Waals surface area contributed by atoms with Crippen molar-refractivity contribution in [1.82, 2.24) is 19.7 Å². The molecule has 0 unspecified atom stereocenters. The molecule has 0 spiro atoms. The van der Waals surface area contributed by atoms with Gasteiger partial charge in [-0.25, -0.2) is 14.6 Å². The van der Waals surface area contributed by atoms with Gasteiger partial charge in [0.1, 0.15) is 5.69 Å². The maximum atomic E-state index is 4.30. The van der Waals surface area contributed by atoms with Crippen molar-refractivity contribution in [2.24, 2.45) is 0 Å². The summed E-state index contributed by atoms with van der Waals surface area (Å²) in [6.45, 7) is 0. The number of para-hydroxylation sites is 1. The Morgan fingerprint density at radius 3 is 2.29 bits per heavy atom. The van der Waals surface area contributed by atoms with E-state index in [9.17, 15) is 0 Å². The van der Waals surface area contributed by atoms with Gasteiger partial charge in [0.05, 0.1) is 11.9 Å². The fraction of sp³-hybridized carbons (Fsp3) is 0. The van der Waals surface area contributed by atoms with Crippen LogP contribution in [0.25, 0.3) is 17.2 Å². The van der Waals surface area contributed by atoms with Crippen LogP contribution in [0, 0.1) is 0 Å². The van der Waals surface area contributed by atoms with Gasteiger partial charge in [0.2, 0.25) is 0 Å². The topological polar surface area (TPSA) is 43.6 Å². The van der Waals surface area contributed by atoms with Gasteiger partial charge in [-0.05, 0) is 24.3 Å². The summed E-state index contributed by atoms with van der Waals surface area (Å²) in [6, 6.07) is 13.6. The molecule has 0 aliphatic rings. The van der Waals surface area contributed by atoms with E-state index in [1.54, 1.807) is 24.7 Å². The van der Waals surface area contributed by atoms with Gasteiger partial charge >= 0.3 is 0 Å². The molecule has 1 aromatic carbocycles. The van der Waals surface area contributed by atoms with Gasteiger partial charge in [-0.3, -0.25) is 0 Å². The number of benzene rings is 1. The Morgan fingerprint density at radius 1 is 0.765 bits per heavy atom. The lowest BCUT2D eigenvalue weighted by Gasteiger charge is -2.05. The van der Waals surface area contributed by atoms with E-state index in [4.69, 9.17) is 0 Å². The SMILES string of the molecule is c1ccc(-n2nccc2-c2ncccn2)cc1. The smallest absolute Gasteiger partial charge is 0.178 e. The zero-order chi connectivity index (χ0) is 11.5. The summed E-state index contributed by atoms with van der Waals surface area (Å²) in [5.41, 5.74) is 1.89. The molecule has 0 bridgehead atoms. The lowest BCUT2D eigenvalue weighted by Crippen LogP contribution is -2.00. The molecule has 2 heterocycles. The third-order valence-electron chi connectivity index (χ3n) is 2.44. The molecule has 82 valence electrons. The van der Waals surface area contributed by atoms with Gasteiger partial charge in [-0.15, -0.1) is 0 Å². The number of rotatable bonds is 2. The molecule has 0 aliphatic heterocycles. The molecule has 17 heavy (non-hydrogen) atoms. The molecule has 4 nitrogen and oxygen atoms in total. The molecular formula is C13H10N4. The van der Waals surface area contributed by atoms with Crippen LogP contribution < -0.4 is 0 Å². The zero-order valence-electron chi connectivity index (χ0n) is 9.06. The molecule has 0 saturated carbocycles. The van der Waals surface area contributed by atoms with Crippen LogP contribution in [0.3, 0.4) is 0 Å². The van der Waals surface area contributed by atoms with Crippen molar-refractivity contribution in [1.29, 1.82) is 0 Å². The van der Waals surface area contributed by atoms with Gasteiger partial charge in [0.25, 0.3) is 0 Å². The monoisotopic (exact) mass is 222 g/mol. The highest BCUT2D eigenvalue weighted by Crippen LogP contribution is 2.17. The predicted molar refractivity (Wildman–Crippen MR) is 64.6 cm³/mol. The number of hydrogen-bond acceptors (Lipinski definition) is 3. The summed E-state index contributed by atoms with van der Waals surface area (Å²) in [5, 5.41) is 4.30. The van der Waals surface area contributed by atoms with E-state index in [2.05, 4.69) is 15.1 Å². The van der Waals surface area contributed by atoms with Gasteiger partial charge in [-0.2, -0.15) is 5.10 Å². The van der Waals surface area contributed by atoms with Gasteiger partial charge in [-0.1, -0.05) is 18.2 Å². The maximum absolute atomic E-state index is 4.30. The van der Waals surface area contributed by atoms with Crippen LogP contribution in [0.5, 0.6) is 0 Å². The lowest BCUT2D eigenvalue weighted by atomic mass is 10.3. The summed E-state index contributed by atoms with van der Waals surface area (Å²) in [4.78, 5) is 8.47. The predicted octanol–water partition coefficient (Wildman–Crippen LogP) is 2.33. The minimum absolute atomic E-state index is 0.675. The second kappa shape index (κ2) is 4.17. The van der Waals surface area contributed by atoms with Crippen molar-refractivity contribution in [2.45, 2.75) is 0 Å². The van der Waals surface area contributed by atoms with Crippen LogP contribution in [-0.4, -0.2) is 19.7 Å². The molecular weight excluding hydrogens is 212 g/mol. The summed E-state index contributed by atoms with van der Waals surface area (Å²) >= 11 is 0. The third-order valence-corrected chi connectivity index (χ3v) is 2.44. The fourth-order valence-electron chi connectivity index (χ4n) is 1.68. The Morgan fingerprint density at radius 2 is 1.53 bits per heavy atom. The average molecular weight is 222 g/mol. The minimum atomic E-state index is 0.675. The Balaban J connectivity index is 2.13. The third kappa shape index (κ3) is 1.80. The van der Waals surface area contributed by atoms with E-state index in [0.29, 0.717) is 5.82 Å². The number of nitrogens with zero attached hydrogens (tertiary/aromatic N) is 4. The standard InChI is InChI=1S/C13H10N4/c1-2-5-11(6-3-1)17-12(7-10-16-17)13-14-8-4-9-15-13/h1-10H. The molecule has 3 aromatic rings. The van der Waals surface area contributed by atoms with Gasteiger partial charge < -0.3 is 0 Å². The van der Waals surface area contributed by atoms with Gasteiger partial charge in [0, 0.05) is 12.4 Å². The molecule has 2 aromatic heterocycles. The molecule has 0 saturated heterocycles. The van der Waals surface area contributed by atoms with Crippen molar-refractivity contribution in [2.75, 3.05) is 0 Å². The first-order valence-corrected chi connectivity index (χ1v) is 5.32. The molecule has 0 radical (unpaired) electrons. The molecule has 4 heteroatoms. The van der Waals surface area contributed by atoms with Crippen molar-refractivity contribution in [3.05, 3.63) is 61.1 Å². The van der Waals surface area contributed by atoms with Crippen LogP contribution >= 0.6 is 0 Å². The van der Waals surface area contributed by atoms with Crippen LogP contribution in [0.4, 0.5) is 0 Å². The minimum Gasteiger partial charge on any atom is -0.235 e. The largest absolute Gasteiger partial charge is 0.235 e. The van der Waals surface area contributed by atoms with E-state index >= 15 is 0 Å². The number of hydrogen-bond donors (Lipinski definition) is 0. The highest BCUT2D eigenvalue weighted by molar-refractivity contribution is 5.53. The Hall–Kier alpha value is -2.49. The average Bonchev–Trinajstić information content (AvgIpc) is 2.90. The fourth-order valence-corrected chi connectivity index (χ4v) is 1.68. The van der Waals surface area contributed by atoms with Crippen molar-refractivity contribution >= 4 is 0 Å². The van der Waals surface area contributed by atoms with Crippen molar-refractivity contribution in [3.63, 3.8) is 0 Å². The molecule has 0 N–H and O–H groups in total. The summed E-state index contributed by atoms with van der Waals surface area (Å²) in [5.74, 6) is 0.675. The first-order chi connectivity index (χ1) is 8.45. The van der Waals surface area contributed by atoms with E-state index in [1.807, 2.05) is 41.1 Å². The molecule has 0 fully saturated rings. The highest BCUT2D eigenvalue weighted by Gasteiger charge is 2.08. The lowest BCUT2D eigenvalue weighted by molar-refractivity contribution is 0.878. The van der Waals surface area contributed by atoms with Crippen LogP contribution in [0.1, 0.15) is 0 Å². The molecule has 3 rings (SSSR count). The van der Waals surface area contributed by atoms with Crippen LogP contribution in [0.15, 0.2) is 61.1 Å². The Kier molecular flexibility index (Phi) is 2.38. The van der Waals surface area contributed by atoms with E-state index in [1.165, 1.54) is 0 Å². The van der Waals surface area contributed by atoms with Crippen LogP contribution in [0.2, 0.25) is 0 Å². The summed E-state index contributed by atoms with van der Waals surface area (Å²) in [7, 11) is 0. The highest BCUT2D eigenvalue weighted by atomic mass is 15.3.